The maximum Gasteiger partial charge on any atom is 0.328 e. The van der Waals surface area contributed by atoms with Crippen LogP contribution in [0.3, 0.4) is 0 Å². The molecular weight excluding hydrogens is 324 g/mol. The van der Waals surface area contributed by atoms with Gasteiger partial charge in [-0.1, -0.05) is 45.1 Å². The molecule has 1 saturated heterocycles. The first kappa shape index (κ1) is 21.2. The Morgan fingerprint density at radius 1 is 1.16 bits per heavy atom. The second-order valence-corrected chi connectivity index (χ2v) is 6.44. The molecule has 0 aromatic rings. The van der Waals surface area contributed by atoms with Crippen LogP contribution < -0.4 is 5.32 Å². The van der Waals surface area contributed by atoms with Gasteiger partial charge in [-0.05, 0) is 25.7 Å². The van der Waals surface area contributed by atoms with Crippen molar-refractivity contribution in [1.29, 1.82) is 0 Å². The first-order valence-electron chi connectivity index (χ1n) is 9.18. The molecule has 0 aliphatic carbocycles. The molecule has 0 radical (unpaired) electrons. The third-order valence-electron chi connectivity index (χ3n) is 4.24. The van der Waals surface area contributed by atoms with Gasteiger partial charge in [0.15, 0.2) is 0 Å². The Labute approximate surface area is 149 Å². The van der Waals surface area contributed by atoms with Crippen molar-refractivity contribution in [2.24, 2.45) is 0 Å². The lowest BCUT2D eigenvalue weighted by atomic mass is 10.1. The van der Waals surface area contributed by atoms with Crippen LogP contribution in [-0.2, 0) is 9.59 Å². The van der Waals surface area contributed by atoms with Crippen molar-refractivity contribution in [3.8, 4) is 0 Å². The molecule has 1 aliphatic rings. The Morgan fingerprint density at radius 3 is 2.56 bits per heavy atom. The van der Waals surface area contributed by atoms with E-state index in [1.165, 1.54) is 4.90 Å². The zero-order chi connectivity index (χ0) is 18.7. The summed E-state index contributed by atoms with van der Waals surface area (Å²) in [6.07, 6.45) is 8.36. The topological polar surface area (TPSA) is 107 Å². The molecule has 1 aliphatic heterocycles. The first-order chi connectivity index (χ1) is 12.0. The number of rotatable bonds is 13. The van der Waals surface area contributed by atoms with Gasteiger partial charge in [-0.3, -0.25) is 19.8 Å². The highest BCUT2D eigenvalue weighted by Crippen LogP contribution is 2.17. The van der Waals surface area contributed by atoms with E-state index in [1.54, 1.807) is 6.08 Å². The maximum absolute atomic E-state index is 11.9. The van der Waals surface area contributed by atoms with Crippen molar-refractivity contribution in [3.05, 3.63) is 11.8 Å². The second-order valence-electron chi connectivity index (χ2n) is 6.44. The van der Waals surface area contributed by atoms with Crippen LogP contribution in [0.25, 0.3) is 0 Å². The molecule has 0 spiro atoms. The molecule has 1 heterocycles. The van der Waals surface area contributed by atoms with Crippen molar-refractivity contribution < 1.29 is 24.6 Å². The summed E-state index contributed by atoms with van der Waals surface area (Å²) in [5, 5.41) is 20.8. The fourth-order valence-corrected chi connectivity index (χ4v) is 2.78. The van der Waals surface area contributed by atoms with Gasteiger partial charge in [0, 0.05) is 13.0 Å². The number of nitrogens with one attached hydrogen (secondary N) is 1. The summed E-state index contributed by atoms with van der Waals surface area (Å²) >= 11 is 0. The van der Waals surface area contributed by atoms with Gasteiger partial charge in [0.25, 0.3) is 5.91 Å². The number of nitrogens with zero attached hydrogens (tertiary/aromatic N) is 1. The molecular formula is C18H30N2O5. The molecule has 3 N–H and O–H groups in total. The zero-order valence-electron chi connectivity index (χ0n) is 15.0. The van der Waals surface area contributed by atoms with Crippen molar-refractivity contribution in [2.75, 3.05) is 6.54 Å². The van der Waals surface area contributed by atoms with E-state index in [2.05, 4.69) is 12.2 Å². The highest BCUT2D eigenvalue weighted by atomic mass is 16.4. The monoisotopic (exact) mass is 354 g/mol. The number of carboxylic acids is 1. The second kappa shape index (κ2) is 11.6. The molecule has 0 saturated carbocycles. The molecule has 1 atom stereocenters. The highest BCUT2D eigenvalue weighted by Gasteiger charge is 2.32. The van der Waals surface area contributed by atoms with Crippen LogP contribution in [0.1, 0.15) is 71.1 Å². The number of urea groups is 1. The standard InChI is InChI=1S/C18H30N2O5/c1-2-3-6-9-14(21)11-12-15-17(24)19-18(25)20(15)13-8-5-4-7-10-16(22)23/h12,14,21H,2-11,13H2,1H3,(H,22,23)(H,19,24,25). The predicted molar refractivity (Wildman–Crippen MR) is 93.8 cm³/mol. The molecule has 0 aromatic heterocycles. The SMILES string of the molecule is CCCCCC(O)CC=C1C(=O)NC(=O)N1CCCCCCC(=O)O. The molecule has 25 heavy (non-hydrogen) atoms. The number of aliphatic hydroxyl groups is 1. The summed E-state index contributed by atoms with van der Waals surface area (Å²) in [7, 11) is 0. The number of amides is 3. The van der Waals surface area contributed by atoms with Gasteiger partial charge < -0.3 is 10.2 Å². The fraction of sp³-hybridized carbons (Fsp3) is 0.722. The summed E-state index contributed by atoms with van der Waals surface area (Å²) in [6, 6.07) is -0.428. The average molecular weight is 354 g/mol. The van der Waals surface area contributed by atoms with Gasteiger partial charge in [0.2, 0.25) is 0 Å². The van der Waals surface area contributed by atoms with Crippen molar-refractivity contribution >= 4 is 17.9 Å². The van der Waals surface area contributed by atoms with E-state index in [0.29, 0.717) is 37.9 Å². The van der Waals surface area contributed by atoms with E-state index >= 15 is 0 Å². The van der Waals surface area contributed by atoms with E-state index in [-0.39, 0.29) is 6.42 Å². The van der Waals surface area contributed by atoms with Gasteiger partial charge in [0.1, 0.15) is 5.70 Å². The predicted octanol–water partition coefficient (Wildman–Crippen LogP) is 2.79. The largest absolute Gasteiger partial charge is 0.481 e. The van der Waals surface area contributed by atoms with E-state index < -0.39 is 24.0 Å². The number of carbonyl (C=O) groups excluding carboxylic acids is 2. The van der Waals surface area contributed by atoms with Gasteiger partial charge in [-0.2, -0.15) is 0 Å². The van der Waals surface area contributed by atoms with E-state index in [1.807, 2.05) is 0 Å². The Morgan fingerprint density at radius 2 is 1.88 bits per heavy atom. The maximum atomic E-state index is 11.9. The van der Waals surface area contributed by atoms with Crippen LogP contribution in [0, 0.1) is 0 Å². The molecule has 1 rings (SSSR count). The van der Waals surface area contributed by atoms with Gasteiger partial charge in [-0.25, -0.2) is 4.79 Å². The summed E-state index contributed by atoms with van der Waals surface area (Å²) < 4.78 is 0. The Bertz CT molecular complexity index is 490. The number of aliphatic carboxylic acids is 1. The quantitative estimate of drug-likeness (QED) is 0.268. The number of hydrogen-bond acceptors (Lipinski definition) is 4. The minimum absolute atomic E-state index is 0.157. The Balaban J connectivity index is 2.41. The van der Waals surface area contributed by atoms with Gasteiger partial charge >= 0.3 is 12.0 Å². The summed E-state index contributed by atoms with van der Waals surface area (Å²) in [6.45, 7) is 2.52. The van der Waals surface area contributed by atoms with E-state index in [4.69, 9.17) is 5.11 Å². The van der Waals surface area contributed by atoms with Crippen LogP contribution in [0.4, 0.5) is 4.79 Å². The fourth-order valence-electron chi connectivity index (χ4n) is 2.78. The van der Waals surface area contributed by atoms with Crippen LogP contribution in [-0.4, -0.2) is 45.7 Å². The molecule has 7 nitrogen and oxygen atoms in total. The van der Waals surface area contributed by atoms with Crippen LogP contribution in [0.5, 0.6) is 0 Å². The normalized spacial score (nSPS) is 17.2. The molecule has 3 amide bonds. The number of aliphatic hydroxyl groups excluding tert-OH is 1. The number of carboxylic acid groups (broad SMARTS) is 1. The number of carbonyl (C=O) groups is 3. The number of unbranched alkanes of at least 4 members (excludes halogenated alkanes) is 5. The summed E-state index contributed by atoms with van der Waals surface area (Å²) in [4.78, 5) is 35.6. The number of hydrogen-bond donors (Lipinski definition) is 3. The Hall–Kier alpha value is -1.89. The lowest BCUT2D eigenvalue weighted by Gasteiger charge is -2.16. The molecule has 7 heteroatoms. The first-order valence-corrected chi connectivity index (χ1v) is 9.18. The zero-order valence-corrected chi connectivity index (χ0v) is 15.0. The third-order valence-corrected chi connectivity index (χ3v) is 4.24. The lowest BCUT2D eigenvalue weighted by Crippen LogP contribution is -2.28. The Kier molecular flexibility index (Phi) is 9.84. The molecule has 142 valence electrons. The van der Waals surface area contributed by atoms with Crippen molar-refractivity contribution in [2.45, 2.75) is 77.2 Å². The highest BCUT2D eigenvalue weighted by molar-refractivity contribution is 6.11. The minimum atomic E-state index is -0.799. The molecule has 1 unspecified atom stereocenters. The van der Waals surface area contributed by atoms with E-state index in [9.17, 15) is 19.5 Å². The van der Waals surface area contributed by atoms with Gasteiger partial charge in [-0.15, -0.1) is 0 Å². The summed E-state index contributed by atoms with van der Waals surface area (Å²) in [5.74, 6) is -1.22. The van der Waals surface area contributed by atoms with Crippen molar-refractivity contribution in [3.63, 3.8) is 0 Å². The van der Waals surface area contributed by atoms with Gasteiger partial charge in [0.05, 0.1) is 6.10 Å². The average Bonchev–Trinajstić information content (AvgIpc) is 2.82. The van der Waals surface area contributed by atoms with Crippen LogP contribution in [0.15, 0.2) is 11.8 Å². The van der Waals surface area contributed by atoms with Crippen LogP contribution >= 0.6 is 0 Å². The van der Waals surface area contributed by atoms with Crippen LogP contribution in [0.2, 0.25) is 0 Å². The van der Waals surface area contributed by atoms with Crippen molar-refractivity contribution in [1.82, 2.24) is 10.2 Å². The summed E-state index contributed by atoms with van der Waals surface area (Å²) in [5.41, 5.74) is 0.310. The smallest absolute Gasteiger partial charge is 0.328 e. The molecule has 0 aromatic carbocycles. The lowest BCUT2D eigenvalue weighted by molar-refractivity contribution is -0.137. The minimum Gasteiger partial charge on any atom is -0.481 e. The molecule has 1 fully saturated rings. The number of imide groups is 1. The molecule has 0 bridgehead atoms. The van der Waals surface area contributed by atoms with E-state index in [0.717, 1.165) is 32.1 Å². The third kappa shape index (κ3) is 8.16.